The van der Waals surface area contributed by atoms with Crippen LogP contribution in [-0.4, -0.2) is 36.7 Å². The lowest BCUT2D eigenvalue weighted by Gasteiger charge is -2.24. The molecule has 7 heteroatoms. The highest BCUT2D eigenvalue weighted by molar-refractivity contribution is 7.89. The van der Waals surface area contributed by atoms with Crippen molar-refractivity contribution in [3.8, 4) is 0 Å². The van der Waals surface area contributed by atoms with Crippen LogP contribution in [0.3, 0.4) is 0 Å². The third kappa shape index (κ3) is 3.80. The first-order chi connectivity index (χ1) is 9.53. The SMILES string of the molecule is CCNS(=O)(=O)c1ccccc1NC1CCS(=O)CC1. The minimum atomic E-state index is -3.48. The maximum absolute atomic E-state index is 12.1. The molecule has 1 saturated heterocycles. The normalized spacial score (nSPS) is 23.4. The summed E-state index contributed by atoms with van der Waals surface area (Å²) in [5.41, 5.74) is 0.617. The molecule has 0 bridgehead atoms. The topological polar surface area (TPSA) is 75.3 Å². The van der Waals surface area contributed by atoms with Gasteiger partial charge in [0.15, 0.2) is 0 Å². The lowest BCUT2D eigenvalue weighted by molar-refractivity contribution is 0.583. The number of hydrogen-bond acceptors (Lipinski definition) is 4. The van der Waals surface area contributed by atoms with Gasteiger partial charge in [-0.2, -0.15) is 0 Å². The van der Waals surface area contributed by atoms with Crippen LogP contribution in [0.5, 0.6) is 0 Å². The maximum atomic E-state index is 12.1. The Labute approximate surface area is 122 Å². The molecule has 0 radical (unpaired) electrons. The Morgan fingerprint density at radius 3 is 2.55 bits per heavy atom. The molecule has 2 rings (SSSR count). The number of rotatable bonds is 5. The van der Waals surface area contributed by atoms with Gasteiger partial charge in [0.25, 0.3) is 0 Å². The predicted molar refractivity (Wildman–Crippen MR) is 81.8 cm³/mol. The van der Waals surface area contributed by atoms with E-state index < -0.39 is 20.8 Å². The van der Waals surface area contributed by atoms with Crippen LogP contribution in [0.2, 0.25) is 0 Å². The molecule has 1 heterocycles. The van der Waals surface area contributed by atoms with Crippen molar-refractivity contribution in [2.75, 3.05) is 23.4 Å². The molecule has 0 spiro atoms. The zero-order valence-electron chi connectivity index (χ0n) is 11.5. The second-order valence-corrected chi connectivity index (χ2v) is 8.20. The van der Waals surface area contributed by atoms with E-state index in [4.69, 9.17) is 0 Å². The second-order valence-electron chi connectivity index (χ2n) is 4.76. The first-order valence-corrected chi connectivity index (χ1v) is 9.70. The Morgan fingerprint density at radius 1 is 1.25 bits per heavy atom. The minimum absolute atomic E-state index is 0.186. The molecule has 20 heavy (non-hydrogen) atoms. The van der Waals surface area contributed by atoms with E-state index in [1.54, 1.807) is 25.1 Å². The first kappa shape index (κ1) is 15.5. The van der Waals surface area contributed by atoms with Gasteiger partial charge in [-0.15, -0.1) is 0 Å². The third-order valence-corrected chi connectivity index (χ3v) is 6.24. The molecule has 1 aromatic carbocycles. The van der Waals surface area contributed by atoms with Gasteiger partial charge in [-0.3, -0.25) is 4.21 Å². The monoisotopic (exact) mass is 316 g/mol. The van der Waals surface area contributed by atoms with Crippen LogP contribution in [0.15, 0.2) is 29.2 Å². The molecule has 0 aromatic heterocycles. The Morgan fingerprint density at radius 2 is 1.90 bits per heavy atom. The van der Waals surface area contributed by atoms with Crippen LogP contribution in [0.25, 0.3) is 0 Å². The highest BCUT2D eigenvalue weighted by Gasteiger charge is 2.21. The van der Waals surface area contributed by atoms with Gasteiger partial charge in [0.05, 0.1) is 5.69 Å². The summed E-state index contributed by atoms with van der Waals surface area (Å²) in [7, 11) is -4.19. The van der Waals surface area contributed by atoms with E-state index in [1.807, 2.05) is 6.07 Å². The summed E-state index contributed by atoms with van der Waals surface area (Å²) >= 11 is 0. The largest absolute Gasteiger partial charge is 0.381 e. The van der Waals surface area contributed by atoms with Gasteiger partial charge in [-0.05, 0) is 25.0 Å². The zero-order chi connectivity index (χ0) is 14.6. The number of nitrogens with one attached hydrogen (secondary N) is 2. The fourth-order valence-electron chi connectivity index (χ4n) is 2.25. The summed E-state index contributed by atoms with van der Waals surface area (Å²) in [5.74, 6) is 1.36. The van der Waals surface area contributed by atoms with Crippen molar-refractivity contribution in [3.05, 3.63) is 24.3 Å². The molecule has 1 aliphatic heterocycles. The smallest absolute Gasteiger partial charge is 0.242 e. The molecular formula is C13H20N2O3S2. The first-order valence-electron chi connectivity index (χ1n) is 6.73. The van der Waals surface area contributed by atoms with Crippen molar-refractivity contribution >= 4 is 26.5 Å². The predicted octanol–water partition coefficient (Wildman–Crippen LogP) is 1.31. The Hall–Kier alpha value is -0.920. The van der Waals surface area contributed by atoms with Gasteiger partial charge in [0, 0.05) is 34.9 Å². The number of sulfonamides is 1. The van der Waals surface area contributed by atoms with Gasteiger partial charge >= 0.3 is 0 Å². The van der Waals surface area contributed by atoms with E-state index >= 15 is 0 Å². The Kier molecular flexibility index (Phi) is 5.17. The standard InChI is InChI=1S/C13H20N2O3S2/c1-2-14-20(17,18)13-6-4-3-5-12(13)15-11-7-9-19(16)10-8-11/h3-6,11,14-15H,2,7-10H2,1H3. The highest BCUT2D eigenvalue weighted by atomic mass is 32.2. The molecule has 0 saturated carbocycles. The molecule has 5 nitrogen and oxygen atoms in total. The Balaban J connectivity index is 2.18. The minimum Gasteiger partial charge on any atom is -0.381 e. The van der Waals surface area contributed by atoms with Gasteiger partial charge < -0.3 is 5.32 Å². The average Bonchev–Trinajstić information content (AvgIpc) is 2.42. The van der Waals surface area contributed by atoms with E-state index in [1.165, 1.54) is 0 Å². The van der Waals surface area contributed by atoms with Gasteiger partial charge in [0.1, 0.15) is 4.90 Å². The van der Waals surface area contributed by atoms with E-state index in [0.717, 1.165) is 12.8 Å². The molecule has 0 amide bonds. The van der Waals surface area contributed by atoms with Crippen molar-refractivity contribution in [1.29, 1.82) is 0 Å². The summed E-state index contributed by atoms with van der Waals surface area (Å²) in [5, 5.41) is 3.28. The lowest BCUT2D eigenvalue weighted by Crippen LogP contribution is -2.31. The molecule has 112 valence electrons. The second kappa shape index (κ2) is 6.69. The number of hydrogen-bond donors (Lipinski definition) is 2. The molecule has 1 aliphatic rings. The number of para-hydroxylation sites is 1. The molecule has 0 unspecified atom stereocenters. The van der Waals surface area contributed by atoms with Crippen LogP contribution in [-0.2, 0) is 20.8 Å². The van der Waals surface area contributed by atoms with Crippen molar-refractivity contribution in [3.63, 3.8) is 0 Å². The summed E-state index contributed by atoms with van der Waals surface area (Å²) in [4.78, 5) is 0.272. The fourth-order valence-corrected chi connectivity index (χ4v) is 4.75. The van der Waals surface area contributed by atoms with Crippen molar-refractivity contribution in [2.24, 2.45) is 0 Å². The highest BCUT2D eigenvalue weighted by Crippen LogP contribution is 2.23. The van der Waals surface area contributed by atoms with Gasteiger partial charge in [0.2, 0.25) is 10.0 Å². The number of anilines is 1. The van der Waals surface area contributed by atoms with Gasteiger partial charge in [-0.25, -0.2) is 13.1 Å². The molecule has 2 N–H and O–H groups in total. The average molecular weight is 316 g/mol. The van der Waals surface area contributed by atoms with Crippen LogP contribution in [0.4, 0.5) is 5.69 Å². The molecule has 1 aromatic rings. The third-order valence-electron chi connectivity index (χ3n) is 3.26. The van der Waals surface area contributed by atoms with Crippen molar-refractivity contribution < 1.29 is 12.6 Å². The number of benzene rings is 1. The van der Waals surface area contributed by atoms with Crippen LogP contribution in [0.1, 0.15) is 19.8 Å². The van der Waals surface area contributed by atoms with Crippen molar-refractivity contribution in [2.45, 2.75) is 30.7 Å². The van der Waals surface area contributed by atoms with Crippen LogP contribution >= 0.6 is 0 Å². The van der Waals surface area contributed by atoms with E-state index in [2.05, 4.69) is 10.0 Å². The van der Waals surface area contributed by atoms with Crippen LogP contribution in [0, 0.1) is 0 Å². The maximum Gasteiger partial charge on any atom is 0.242 e. The van der Waals surface area contributed by atoms with E-state index in [0.29, 0.717) is 23.7 Å². The fraction of sp³-hybridized carbons (Fsp3) is 0.538. The van der Waals surface area contributed by atoms with E-state index in [9.17, 15) is 12.6 Å². The van der Waals surface area contributed by atoms with Crippen LogP contribution < -0.4 is 10.0 Å². The summed E-state index contributed by atoms with van der Waals surface area (Å²) in [6, 6.07) is 7.09. The Bertz CT molecular complexity index is 577. The molecule has 0 atom stereocenters. The van der Waals surface area contributed by atoms with Gasteiger partial charge in [-0.1, -0.05) is 19.1 Å². The molecular weight excluding hydrogens is 296 g/mol. The van der Waals surface area contributed by atoms with E-state index in [-0.39, 0.29) is 10.9 Å². The summed E-state index contributed by atoms with van der Waals surface area (Å²) in [6.07, 6.45) is 1.62. The summed E-state index contributed by atoms with van der Waals surface area (Å²) in [6.45, 7) is 2.11. The zero-order valence-corrected chi connectivity index (χ0v) is 13.1. The summed E-state index contributed by atoms with van der Waals surface area (Å²) < 4.78 is 38.2. The quantitative estimate of drug-likeness (QED) is 0.859. The molecule has 0 aliphatic carbocycles. The van der Waals surface area contributed by atoms with Crippen molar-refractivity contribution in [1.82, 2.24) is 4.72 Å². The molecule has 1 fully saturated rings. The lowest BCUT2D eigenvalue weighted by atomic mass is 10.1.